The van der Waals surface area contributed by atoms with Crippen LogP contribution in [0.5, 0.6) is 0 Å². The van der Waals surface area contributed by atoms with E-state index >= 15 is 0 Å². The molecular formula is C13H15F4NO3. The zero-order valence-corrected chi connectivity index (χ0v) is 11.2. The lowest BCUT2D eigenvalue weighted by Gasteiger charge is -2.20. The summed E-state index contributed by atoms with van der Waals surface area (Å²) in [5.41, 5.74) is 0.375. The number of rotatable bonds is 6. The van der Waals surface area contributed by atoms with Gasteiger partial charge in [0.1, 0.15) is 19.0 Å². The topological polar surface area (TPSA) is 58.6 Å². The molecule has 0 bridgehead atoms. The van der Waals surface area contributed by atoms with Crippen molar-refractivity contribution in [2.45, 2.75) is 25.2 Å². The molecule has 2 N–H and O–H groups in total. The Hall–Kier alpha value is -1.67. The number of hydrogen-bond acceptors (Lipinski definition) is 3. The summed E-state index contributed by atoms with van der Waals surface area (Å²) in [5.74, 6) is -1.25. The number of amides is 1. The normalized spacial score (nSPS) is 14.6. The summed E-state index contributed by atoms with van der Waals surface area (Å²) in [6, 6.07) is 4.24. The highest BCUT2D eigenvalue weighted by molar-refractivity contribution is 5.77. The van der Waals surface area contributed by atoms with Crippen molar-refractivity contribution < 1.29 is 32.2 Å². The van der Waals surface area contributed by atoms with Gasteiger partial charge in [-0.3, -0.25) is 4.79 Å². The number of nitrogens with one attached hydrogen (secondary N) is 1. The molecule has 0 heterocycles. The van der Waals surface area contributed by atoms with Crippen molar-refractivity contribution in [1.29, 1.82) is 0 Å². The van der Waals surface area contributed by atoms with Crippen molar-refractivity contribution >= 4 is 5.91 Å². The highest BCUT2D eigenvalue weighted by Crippen LogP contribution is 2.17. The van der Waals surface area contributed by atoms with Crippen LogP contribution in [0.3, 0.4) is 0 Å². The van der Waals surface area contributed by atoms with E-state index in [-0.39, 0.29) is 0 Å². The molecule has 118 valence electrons. The summed E-state index contributed by atoms with van der Waals surface area (Å²) < 4.78 is 52.4. The second-order valence-electron chi connectivity index (χ2n) is 4.46. The maximum absolute atomic E-state index is 12.7. The number of ether oxygens (including phenoxy) is 1. The number of benzene rings is 1. The fourth-order valence-electron chi connectivity index (χ4n) is 1.58. The molecule has 2 unspecified atom stereocenters. The predicted octanol–water partition coefficient (Wildman–Crippen LogP) is 1.94. The number of alkyl halides is 3. The molecule has 0 aliphatic rings. The van der Waals surface area contributed by atoms with Crippen LogP contribution < -0.4 is 5.32 Å². The Bertz CT molecular complexity index is 461. The lowest BCUT2D eigenvalue weighted by Crippen LogP contribution is -2.39. The van der Waals surface area contributed by atoms with Gasteiger partial charge in [0.05, 0.1) is 12.1 Å². The molecule has 1 rings (SSSR count). The molecule has 4 nitrogen and oxygen atoms in total. The zero-order chi connectivity index (χ0) is 16.0. The first-order valence-electron chi connectivity index (χ1n) is 6.06. The third kappa shape index (κ3) is 6.54. The van der Waals surface area contributed by atoms with E-state index in [4.69, 9.17) is 0 Å². The largest absolute Gasteiger partial charge is 0.411 e. The van der Waals surface area contributed by atoms with Crippen molar-refractivity contribution in [1.82, 2.24) is 5.32 Å². The van der Waals surface area contributed by atoms with Crippen LogP contribution in [0, 0.1) is 5.82 Å². The minimum absolute atomic E-state index is 0.375. The lowest BCUT2D eigenvalue weighted by atomic mass is 10.0. The van der Waals surface area contributed by atoms with E-state index in [2.05, 4.69) is 10.1 Å². The monoisotopic (exact) mass is 309 g/mol. The summed E-state index contributed by atoms with van der Waals surface area (Å²) in [7, 11) is 0. The van der Waals surface area contributed by atoms with E-state index in [0.717, 1.165) is 12.1 Å². The second-order valence-corrected chi connectivity index (χ2v) is 4.46. The number of carbonyl (C=O) groups is 1. The second kappa shape index (κ2) is 7.37. The summed E-state index contributed by atoms with van der Waals surface area (Å²) in [6.45, 7) is -0.814. The van der Waals surface area contributed by atoms with Gasteiger partial charge < -0.3 is 15.2 Å². The average molecular weight is 309 g/mol. The third-order valence-corrected chi connectivity index (χ3v) is 2.57. The fraction of sp³-hybridized carbons (Fsp3) is 0.462. The molecule has 0 saturated heterocycles. The van der Waals surface area contributed by atoms with E-state index in [1.807, 2.05) is 0 Å². The Morgan fingerprint density at radius 2 is 1.90 bits per heavy atom. The van der Waals surface area contributed by atoms with Gasteiger partial charge in [-0.25, -0.2) is 4.39 Å². The summed E-state index contributed by atoms with van der Waals surface area (Å²) >= 11 is 0. The SMILES string of the molecule is CC(NC(=O)COCC(F)(F)F)C(O)c1ccc(F)cc1. The summed E-state index contributed by atoms with van der Waals surface area (Å²) in [4.78, 5) is 11.4. The van der Waals surface area contributed by atoms with Crippen LogP contribution in [0.4, 0.5) is 17.6 Å². The molecule has 0 fully saturated rings. The molecule has 21 heavy (non-hydrogen) atoms. The molecule has 8 heteroatoms. The Morgan fingerprint density at radius 1 is 1.33 bits per heavy atom. The van der Waals surface area contributed by atoms with Crippen LogP contribution in [0.1, 0.15) is 18.6 Å². The first-order chi connectivity index (χ1) is 9.69. The molecule has 1 aromatic carbocycles. The number of carbonyl (C=O) groups excluding carboxylic acids is 1. The van der Waals surface area contributed by atoms with Gasteiger partial charge in [0.25, 0.3) is 0 Å². The highest BCUT2D eigenvalue weighted by atomic mass is 19.4. The van der Waals surface area contributed by atoms with Gasteiger partial charge in [0.15, 0.2) is 0 Å². The van der Waals surface area contributed by atoms with Crippen LogP contribution in [-0.2, 0) is 9.53 Å². The number of hydrogen-bond donors (Lipinski definition) is 2. The minimum Gasteiger partial charge on any atom is -0.386 e. The molecule has 0 aliphatic heterocycles. The van der Waals surface area contributed by atoms with Crippen molar-refractivity contribution in [2.75, 3.05) is 13.2 Å². The smallest absolute Gasteiger partial charge is 0.386 e. The Morgan fingerprint density at radius 3 is 2.43 bits per heavy atom. The summed E-state index contributed by atoms with van der Waals surface area (Å²) in [5, 5.41) is 12.2. The molecule has 1 amide bonds. The van der Waals surface area contributed by atoms with Crippen LogP contribution in [0.25, 0.3) is 0 Å². The minimum atomic E-state index is -4.50. The van der Waals surface area contributed by atoms with Gasteiger partial charge in [-0.05, 0) is 24.6 Å². The van der Waals surface area contributed by atoms with Gasteiger partial charge in [-0.2, -0.15) is 13.2 Å². The number of aliphatic hydroxyl groups is 1. The van der Waals surface area contributed by atoms with Crippen molar-refractivity contribution in [3.05, 3.63) is 35.6 Å². The molecule has 2 atom stereocenters. The Labute approximate surface area is 118 Å². The van der Waals surface area contributed by atoms with E-state index in [1.165, 1.54) is 19.1 Å². The first kappa shape index (κ1) is 17.4. The van der Waals surface area contributed by atoms with Crippen LogP contribution in [-0.4, -0.2) is 36.4 Å². The molecule has 0 radical (unpaired) electrons. The van der Waals surface area contributed by atoms with Gasteiger partial charge in [-0.1, -0.05) is 12.1 Å². The van der Waals surface area contributed by atoms with Gasteiger partial charge in [0, 0.05) is 0 Å². The van der Waals surface area contributed by atoms with Gasteiger partial charge >= 0.3 is 6.18 Å². The first-order valence-corrected chi connectivity index (χ1v) is 6.06. The van der Waals surface area contributed by atoms with E-state index < -0.39 is 43.3 Å². The van der Waals surface area contributed by atoms with Crippen LogP contribution >= 0.6 is 0 Å². The average Bonchev–Trinajstić information content (AvgIpc) is 2.37. The van der Waals surface area contributed by atoms with Crippen LogP contribution in [0.15, 0.2) is 24.3 Å². The van der Waals surface area contributed by atoms with E-state index in [9.17, 15) is 27.5 Å². The highest BCUT2D eigenvalue weighted by Gasteiger charge is 2.28. The maximum atomic E-state index is 12.7. The van der Waals surface area contributed by atoms with Crippen molar-refractivity contribution in [2.24, 2.45) is 0 Å². The number of halogens is 4. The van der Waals surface area contributed by atoms with Gasteiger partial charge in [0.2, 0.25) is 5.91 Å². The Kier molecular flexibility index (Phi) is 6.10. The van der Waals surface area contributed by atoms with E-state index in [0.29, 0.717) is 5.56 Å². The fourth-order valence-corrected chi connectivity index (χ4v) is 1.58. The Balaban J connectivity index is 2.43. The molecule has 1 aromatic rings. The maximum Gasteiger partial charge on any atom is 0.411 e. The lowest BCUT2D eigenvalue weighted by molar-refractivity contribution is -0.175. The zero-order valence-electron chi connectivity index (χ0n) is 11.2. The third-order valence-electron chi connectivity index (χ3n) is 2.57. The molecule has 0 saturated carbocycles. The predicted molar refractivity (Wildman–Crippen MR) is 65.8 cm³/mol. The standard InChI is InChI=1S/C13H15F4NO3/c1-8(12(20)9-2-4-10(14)5-3-9)18-11(19)6-21-7-13(15,16)17/h2-5,8,12,20H,6-7H2,1H3,(H,18,19). The van der Waals surface area contributed by atoms with E-state index in [1.54, 1.807) is 0 Å². The molecule has 0 spiro atoms. The quantitative estimate of drug-likeness (QED) is 0.790. The van der Waals surface area contributed by atoms with Crippen LogP contribution in [0.2, 0.25) is 0 Å². The molecule has 0 aliphatic carbocycles. The molecular weight excluding hydrogens is 294 g/mol. The van der Waals surface area contributed by atoms with Crippen molar-refractivity contribution in [3.8, 4) is 0 Å². The van der Waals surface area contributed by atoms with Crippen molar-refractivity contribution in [3.63, 3.8) is 0 Å². The number of aliphatic hydroxyl groups excluding tert-OH is 1. The molecule has 0 aromatic heterocycles. The summed E-state index contributed by atoms with van der Waals surface area (Å²) in [6.07, 6.45) is -5.61. The van der Waals surface area contributed by atoms with Gasteiger partial charge in [-0.15, -0.1) is 0 Å².